The molecule has 0 spiro atoms. The molecule has 2 aromatic rings. The van der Waals surface area contributed by atoms with Crippen molar-refractivity contribution in [2.75, 3.05) is 5.75 Å². The van der Waals surface area contributed by atoms with Crippen LogP contribution in [-0.4, -0.2) is 10.7 Å². The second-order valence-corrected chi connectivity index (χ2v) is 5.45. The van der Waals surface area contributed by atoms with Gasteiger partial charge in [0.25, 0.3) is 0 Å². The quantitative estimate of drug-likeness (QED) is 0.738. The third kappa shape index (κ3) is 2.61. The Hall–Kier alpha value is -0.800. The predicted molar refractivity (Wildman–Crippen MR) is 68.7 cm³/mol. The van der Waals surface area contributed by atoms with Gasteiger partial charge in [-0.05, 0) is 24.8 Å². The predicted octanol–water partition coefficient (Wildman–Crippen LogP) is 4.23. The molecule has 1 aromatic carbocycles. The van der Waals surface area contributed by atoms with Crippen LogP contribution in [0.25, 0.3) is 10.6 Å². The molecule has 0 aliphatic carbocycles. The first-order valence-corrected chi connectivity index (χ1v) is 6.81. The molecule has 0 amide bonds. The Morgan fingerprint density at radius 1 is 1.27 bits per heavy atom. The molecule has 0 fully saturated rings. The average Bonchev–Trinajstić information content (AvgIpc) is 2.67. The van der Waals surface area contributed by atoms with Gasteiger partial charge < -0.3 is 0 Å². The Balaban J connectivity index is 2.23. The van der Waals surface area contributed by atoms with Crippen LogP contribution < -0.4 is 0 Å². The first kappa shape index (κ1) is 10.7. The average molecular weight is 235 g/mol. The van der Waals surface area contributed by atoms with Gasteiger partial charge in [0.15, 0.2) is 0 Å². The molecule has 0 aliphatic heterocycles. The Morgan fingerprint density at radius 2 is 2.00 bits per heavy atom. The summed E-state index contributed by atoms with van der Waals surface area (Å²) in [5, 5.41) is 3.20. The lowest BCUT2D eigenvalue weighted by atomic mass is 10.2. The Morgan fingerprint density at radius 3 is 2.53 bits per heavy atom. The Kier molecular flexibility index (Phi) is 3.44. The van der Waals surface area contributed by atoms with E-state index in [1.54, 1.807) is 11.3 Å². The lowest BCUT2D eigenvalue weighted by molar-refractivity contribution is 1.27. The van der Waals surface area contributed by atoms with Gasteiger partial charge in [0, 0.05) is 21.5 Å². The first-order valence-electron chi connectivity index (χ1n) is 4.95. The van der Waals surface area contributed by atoms with E-state index in [-0.39, 0.29) is 0 Å². The van der Waals surface area contributed by atoms with E-state index in [9.17, 15) is 0 Å². The largest absolute Gasteiger partial charge is 0.241 e. The molecule has 2 rings (SSSR count). The van der Waals surface area contributed by atoms with Gasteiger partial charge in [-0.3, -0.25) is 0 Å². The van der Waals surface area contributed by atoms with Crippen molar-refractivity contribution in [3.8, 4) is 10.6 Å². The summed E-state index contributed by atoms with van der Waals surface area (Å²) in [7, 11) is 0. The van der Waals surface area contributed by atoms with E-state index in [2.05, 4.69) is 41.6 Å². The molecular formula is C12H13NS2. The Bertz CT molecular complexity index is 431. The number of aryl methyl sites for hydroxylation is 1. The van der Waals surface area contributed by atoms with Crippen LogP contribution in [0.5, 0.6) is 0 Å². The van der Waals surface area contributed by atoms with Crippen molar-refractivity contribution in [3.63, 3.8) is 0 Å². The minimum Gasteiger partial charge on any atom is -0.241 e. The third-order valence-electron chi connectivity index (χ3n) is 2.03. The highest BCUT2D eigenvalue weighted by atomic mass is 32.2. The molecule has 0 saturated carbocycles. The van der Waals surface area contributed by atoms with E-state index >= 15 is 0 Å². The maximum Gasteiger partial charge on any atom is 0.123 e. The number of aromatic nitrogens is 1. The second kappa shape index (κ2) is 4.81. The van der Waals surface area contributed by atoms with Crippen LogP contribution >= 0.6 is 23.1 Å². The summed E-state index contributed by atoms with van der Waals surface area (Å²) in [6.45, 7) is 4.20. The minimum absolute atomic E-state index is 1.10. The number of hydrogen-bond acceptors (Lipinski definition) is 3. The van der Waals surface area contributed by atoms with Crippen LogP contribution in [0, 0.1) is 6.92 Å². The lowest BCUT2D eigenvalue weighted by Gasteiger charge is -1.99. The summed E-state index contributed by atoms with van der Waals surface area (Å²) in [6.07, 6.45) is 0. The van der Waals surface area contributed by atoms with Gasteiger partial charge in [-0.1, -0.05) is 19.1 Å². The van der Waals surface area contributed by atoms with E-state index in [1.807, 2.05) is 18.7 Å². The van der Waals surface area contributed by atoms with Crippen LogP contribution in [0.3, 0.4) is 0 Å². The second-order valence-electron chi connectivity index (χ2n) is 3.25. The molecule has 0 radical (unpaired) electrons. The van der Waals surface area contributed by atoms with Gasteiger partial charge >= 0.3 is 0 Å². The van der Waals surface area contributed by atoms with Crippen molar-refractivity contribution in [2.24, 2.45) is 0 Å². The summed E-state index contributed by atoms with van der Waals surface area (Å²) < 4.78 is 0. The highest BCUT2D eigenvalue weighted by Gasteiger charge is 2.01. The van der Waals surface area contributed by atoms with Crippen LogP contribution in [0.2, 0.25) is 0 Å². The number of hydrogen-bond donors (Lipinski definition) is 0. The zero-order chi connectivity index (χ0) is 10.7. The molecule has 78 valence electrons. The maximum absolute atomic E-state index is 4.47. The van der Waals surface area contributed by atoms with Crippen LogP contribution in [-0.2, 0) is 0 Å². The zero-order valence-corrected chi connectivity index (χ0v) is 10.5. The normalized spacial score (nSPS) is 10.5. The highest BCUT2D eigenvalue weighted by Crippen LogP contribution is 2.26. The van der Waals surface area contributed by atoms with Crippen molar-refractivity contribution in [2.45, 2.75) is 18.7 Å². The van der Waals surface area contributed by atoms with E-state index < -0.39 is 0 Å². The highest BCUT2D eigenvalue weighted by molar-refractivity contribution is 7.99. The number of nitrogens with zero attached hydrogens (tertiary/aromatic N) is 1. The third-order valence-corrected chi connectivity index (χ3v) is 3.93. The number of rotatable bonds is 3. The summed E-state index contributed by atoms with van der Waals surface area (Å²) >= 11 is 3.57. The molecule has 1 nitrogen and oxygen atoms in total. The van der Waals surface area contributed by atoms with E-state index in [1.165, 1.54) is 10.5 Å². The molecule has 15 heavy (non-hydrogen) atoms. The lowest BCUT2D eigenvalue weighted by Crippen LogP contribution is -1.78. The van der Waals surface area contributed by atoms with Gasteiger partial charge in [0.1, 0.15) is 5.01 Å². The summed E-state index contributed by atoms with van der Waals surface area (Å²) in [5.74, 6) is 1.12. The molecular weight excluding hydrogens is 222 g/mol. The fraction of sp³-hybridized carbons (Fsp3) is 0.250. The molecule has 3 heteroatoms. The summed E-state index contributed by atoms with van der Waals surface area (Å²) in [4.78, 5) is 5.80. The first-order chi connectivity index (χ1) is 7.29. The van der Waals surface area contributed by atoms with E-state index in [0.29, 0.717) is 0 Å². The van der Waals surface area contributed by atoms with Gasteiger partial charge in [0.2, 0.25) is 0 Å². The van der Waals surface area contributed by atoms with Crippen molar-refractivity contribution < 1.29 is 0 Å². The fourth-order valence-electron chi connectivity index (χ4n) is 1.35. The number of thioether (sulfide) groups is 1. The fourth-order valence-corrected chi connectivity index (χ4v) is 2.81. The standard InChI is InChI=1S/C12H13NS2/c1-3-14-11-6-4-10(5-7-11)12-13-9(2)8-15-12/h4-8H,3H2,1-2H3. The smallest absolute Gasteiger partial charge is 0.123 e. The van der Waals surface area contributed by atoms with Gasteiger partial charge in [-0.25, -0.2) is 4.98 Å². The topological polar surface area (TPSA) is 12.9 Å². The van der Waals surface area contributed by atoms with E-state index in [0.717, 1.165) is 16.5 Å². The maximum atomic E-state index is 4.47. The van der Waals surface area contributed by atoms with Crippen molar-refractivity contribution in [1.82, 2.24) is 4.98 Å². The molecule has 0 saturated heterocycles. The van der Waals surface area contributed by atoms with Gasteiger partial charge in [-0.2, -0.15) is 0 Å². The summed E-state index contributed by atoms with van der Waals surface area (Å²) in [5.41, 5.74) is 2.32. The monoisotopic (exact) mass is 235 g/mol. The molecule has 0 atom stereocenters. The number of thiazole rings is 1. The molecule has 0 bridgehead atoms. The minimum atomic E-state index is 1.10. The van der Waals surface area contributed by atoms with Crippen LogP contribution in [0.4, 0.5) is 0 Å². The van der Waals surface area contributed by atoms with Crippen LogP contribution in [0.1, 0.15) is 12.6 Å². The van der Waals surface area contributed by atoms with Crippen molar-refractivity contribution >= 4 is 23.1 Å². The molecule has 1 heterocycles. The van der Waals surface area contributed by atoms with Gasteiger partial charge in [-0.15, -0.1) is 23.1 Å². The number of benzene rings is 1. The Labute approximate surface area is 98.6 Å². The van der Waals surface area contributed by atoms with Crippen LogP contribution in [0.15, 0.2) is 34.5 Å². The summed E-state index contributed by atoms with van der Waals surface area (Å²) in [6, 6.07) is 8.63. The van der Waals surface area contributed by atoms with Gasteiger partial charge in [0.05, 0.1) is 0 Å². The van der Waals surface area contributed by atoms with E-state index in [4.69, 9.17) is 0 Å². The van der Waals surface area contributed by atoms with Crippen molar-refractivity contribution in [1.29, 1.82) is 0 Å². The molecule has 0 aliphatic rings. The zero-order valence-electron chi connectivity index (χ0n) is 8.86. The SMILES string of the molecule is CCSc1ccc(-c2nc(C)cs2)cc1. The molecule has 1 aromatic heterocycles. The van der Waals surface area contributed by atoms with Crippen molar-refractivity contribution in [3.05, 3.63) is 35.3 Å². The molecule has 0 N–H and O–H groups in total. The molecule has 0 unspecified atom stereocenters.